The summed E-state index contributed by atoms with van der Waals surface area (Å²) < 4.78 is 0. The average Bonchev–Trinajstić information content (AvgIpc) is 2.62. The van der Waals surface area contributed by atoms with Gasteiger partial charge in [0.15, 0.2) is 0 Å². The van der Waals surface area contributed by atoms with Gasteiger partial charge in [0.2, 0.25) is 0 Å². The first-order valence-electron chi connectivity index (χ1n) is 4.08. The molecular formula is C9H6N2O4. The number of hydrogen-bond donors (Lipinski definition) is 2. The fraction of sp³-hybridized carbons (Fsp3) is 0. The lowest BCUT2D eigenvalue weighted by molar-refractivity contribution is -0.383. The van der Waals surface area contributed by atoms with Crippen LogP contribution in [0.15, 0.2) is 24.4 Å². The molecule has 15 heavy (non-hydrogen) atoms. The zero-order valence-electron chi connectivity index (χ0n) is 7.43. The Bertz CT molecular complexity index is 558. The molecule has 0 atom stereocenters. The lowest BCUT2D eigenvalue weighted by atomic mass is 10.1. The van der Waals surface area contributed by atoms with Gasteiger partial charge in [0.25, 0.3) is 5.69 Å². The number of H-pyrrole nitrogens is 1. The number of carbonyl (C=O) groups is 1. The number of nitro benzene ring substituents is 1. The molecule has 0 aliphatic carbocycles. The molecule has 0 saturated heterocycles. The molecule has 0 fully saturated rings. The lowest BCUT2D eigenvalue weighted by Gasteiger charge is -1.97. The SMILES string of the molecule is O=C(O)c1cc([N+](=O)[O-])c2[nH]ccc2c1. The van der Waals surface area contributed by atoms with Crippen LogP contribution in [0.2, 0.25) is 0 Å². The Morgan fingerprint density at radius 1 is 1.47 bits per heavy atom. The molecule has 0 unspecified atom stereocenters. The summed E-state index contributed by atoms with van der Waals surface area (Å²) in [6.07, 6.45) is 1.53. The fourth-order valence-electron chi connectivity index (χ4n) is 1.42. The van der Waals surface area contributed by atoms with E-state index in [1.54, 1.807) is 6.07 Å². The average molecular weight is 206 g/mol. The Hall–Kier alpha value is -2.37. The van der Waals surface area contributed by atoms with Crippen LogP contribution in [0.5, 0.6) is 0 Å². The normalized spacial score (nSPS) is 10.4. The van der Waals surface area contributed by atoms with Crippen LogP contribution in [0, 0.1) is 10.1 Å². The number of carboxylic acid groups (broad SMARTS) is 1. The molecule has 0 aliphatic heterocycles. The van der Waals surface area contributed by atoms with Crippen LogP contribution >= 0.6 is 0 Å². The maximum Gasteiger partial charge on any atom is 0.335 e. The van der Waals surface area contributed by atoms with Gasteiger partial charge in [0.1, 0.15) is 5.52 Å². The zero-order chi connectivity index (χ0) is 11.0. The van der Waals surface area contributed by atoms with Crippen LogP contribution in [0.1, 0.15) is 10.4 Å². The number of rotatable bonds is 2. The van der Waals surface area contributed by atoms with E-state index in [4.69, 9.17) is 5.11 Å². The van der Waals surface area contributed by atoms with Gasteiger partial charge < -0.3 is 10.1 Å². The van der Waals surface area contributed by atoms with E-state index < -0.39 is 10.9 Å². The summed E-state index contributed by atoms with van der Waals surface area (Å²) in [4.78, 5) is 23.5. The number of nitrogens with one attached hydrogen (secondary N) is 1. The molecule has 1 aromatic heterocycles. The van der Waals surface area contributed by atoms with Gasteiger partial charge in [-0.3, -0.25) is 10.1 Å². The lowest BCUT2D eigenvalue weighted by Crippen LogP contribution is -1.98. The summed E-state index contributed by atoms with van der Waals surface area (Å²) in [5, 5.41) is 20.0. The highest BCUT2D eigenvalue weighted by Gasteiger charge is 2.17. The van der Waals surface area contributed by atoms with Gasteiger partial charge >= 0.3 is 5.97 Å². The summed E-state index contributed by atoms with van der Waals surface area (Å²) in [6, 6.07) is 4.02. The Morgan fingerprint density at radius 3 is 2.80 bits per heavy atom. The second-order valence-corrected chi connectivity index (χ2v) is 3.00. The van der Waals surface area contributed by atoms with Gasteiger partial charge in [0, 0.05) is 17.6 Å². The van der Waals surface area contributed by atoms with Gasteiger partial charge in [0.05, 0.1) is 10.5 Å². The highest BCUT2D eigenvalue weighted by Crippen LogP contribution is 2.25. The Balaban J connectivity index is 2.80. The molecule has 0 amide bonds. The summed E-state index contributed by atoms with van der Waals surface area (Å²) in [5.41, 5.74) is 0.0219. The maximum atomic E-state index is 10.7. The quantitative estimate of drug-likeness (QED) is 0.578. The van der Waals surface area contributed by atoms with E-state index in [0.717, 1.165) is 6.07 Å². The van der Waals surface area contributed by atoms with Crippen molar-refractivity contribution in [1.29, 1.82) is 0 Å². The maximum absolute atomic E-state index is 10.7. The fourth-order valence-corrected chi connectivity index (χ4v) is 1.42. The summed E-state index contributed by atoms with van der Waals surface area (Å²) >= 11 is 0. The second-order valence-electron chi connectivity index (χ2n) is 3.00. The molecule has 2 aromatic rings. The minimum atomic E-state index is -1.18. The molecule has 2 rings (SSSR count). The predicted octanol–water partition coefficient (Wildman–Crippen LogP) is 1.77. The molecule has 2 N–H and O–H groups in total. The largest absolute Gasteiger partial charge is 0.478 e. The van der Waals surface area contributed by atoms with E-state index in [1.165, 1.54) is 12.3 Å². The highest BCUT2D eigenvalue weighted by molar-refractivity contribution is 5.97. The number of benzene rings is 1. The number of carboxylic acids is 1. The van der Waals surface area contributed by atoms with Crippen LogP contribution in [-0.2, 0) is 0 Å². The number of aromatic amines is 1. The second kappa shape index (κ2) is 3.09. The van der Waals surface area contributed by atoms with E-state index >= 15 is 0 Å². The number of aromatic carboxylic acids is 1. The molecule has 6 nitrogen and oxygen atoms in total. The van der Waals surface area contributed by atoms with E-state index in [9.17, 15) is 14.9 Å². The van der Waals surface area contributed by atoms with Crippen molar-refractivity contribution in [2.24, 2.45) is 0 Å². The van der Waals surface area contributed by atoms with E-state index in [0.29, 0.717) is 10.9 Å². The van der Waals surface area contributed by atoms with E-state index in [-0.39, 0.29) is 11.3 Å². The van der Waals surface area contributed by atoms with E-state index in [2.05, 4.69) is 4.98 Å². The van der Waals surface area contributed by atoms with Gasteiger partial charge in [-0.15, -0.1) is 0 Å². The minimum absolute atomic E-state index is 0.0891. The third-order valence-electron chi connectivity index (χ3n) is 2.08. The summed E-state index contributed by atoms with van der Waals surface area (Å²) in [5.74, 6) is -1.18. The van der Waals surface area contributed by atoms with Crippen LogP contribution in [0.25, 0.3) is 10.9 Å². The number of aromatic nitrogens is 1. The highest BCUT2D eigenvalue weighted by atomic mass is 16.6. The molecule has 0 radical (unpaired) electrons. The molecular weight excluding hydrogens is 200 g/mol. The van der Waals surface area contributed by atoms with Crippen LogP contribution in [0.4, 0.5) is 5.69 Å². The molecule has 0 spiro atoms. The Labute approximate surface area is 83.3 Å². The van der Waals surface area contributed by atoms with Gasteiger partial charge in [-0.05, 0) is 12.1 Å². The molecule has 1 aromatic carbocycles. The number of nitrogens with zero attached hydrogens (tertiary/aromatic N) is 1. The number of non-ortho nitro benzene ring substituents is 1. The Kier molecular flexibility index (Phi) is 1.89. The molecule has 0 bridgehead atoms. The van der Waals surface area contributed by atoms with Gasteiger partial charge in [-0.1, -0.05) is 0 Å². The third kappa shape index (κ3) is 1.41. The molecule has 0 saturated carbocycles. The number of fused-ring (bicyclic) bond motifs is 1. The first kappa shape index (κ1) is 9.20. The smallest absolute Gasteiger partial charge is 0.335 e. The third-order valence-corrected chi connectivity index (χ3v) is 2.08. The topological polar surface area (TPSA) is 96.2 Å². The van der Waals surface area contributed by atoms with Crippen molar-refractivity contribution in [2.45, 2.75) is 0 Å². The van der Waals surface area contributed by atoms with Crippen molar-refractivity contribution in [3.63, 3.8) is 0 Å². The van der Waals surface area contributed by atoms with Gasteiger partial charge in [-0.2, -0.15) is 0 Å². The monoisotopic (exact) mass is 206 g/mol. The van der Waals surface area contributed by atoms with Crippen molar-refractivity contribution in [2.75, 3.05) is 0 Å². The van der Waals surface area contributed by atoms with Crippen molar-refractivity contribution in [1.82, 2.24) is 4.98 Å². The van der Waals surface area contributed by atoms with Crippen molar-refractivity contribution < 1.29 is 14.8 Å². The van der Waals surface area contributed by atoms with Gasteiger partial charge in [-0.25, -0.2) is 4.79 Å². The zero-order valence-corrected chi connectivity index (χ0v) is 7.43. The van der Waals surface area contributed by atoms with Crippen LogP contribution < -0.4 is 0 Å². The van der Waals surface area contributed by atoms with Crippen molar-refractivity contribution in [3.8, 4) is 0 Å². The molecule has 0 aliphatic rings. The van der Waals surface area contributed by atoms with Crippen LogP contribution in [-0.4, -0.2) is 21.0 Å². The summed E-state index contributed by atoms with van der Waals surface area (Å²) in [6.45, 7) is 0. The van der Waals surface area contributed by atoms with Crippen molar-refractivity contribution >= 4 is 22.6 Å². The molecule has 6 heteroatoms. The predicted molar refractivity (Wildman–Crippen MR) is 51.9 cm³/mol. The Morgan fingerprint density at radius 2 is 2.20 bits per heavy atom. The minimum Gasteiger partial charge on any atom is -0.478 e. The van der Waals surface area contributed by atoms with E-state index in [1.807, 2.05) is 0 Å². The number of hydrogen-bond acceptors (Lipinski definition) is 3. The van der Waals surface area contributed by atoms with Crippen LogP contribution in [0.3, 0.4) is 0 Å². The standard InChI is InChI=1S/C9H6N2O4/c12-9(13)6-3-5-1-2-10-8(5)7(4-6)11(14)15/h1-4,10H,(H,12,13). The first-order valence-corrected chi connectivity index (χ1v) is 4.08. The summed E-state index contributed by atoms with van der Waals surface area (Å²) in [7, 11) is 0. The first-order chi connectivity index (χ1) is 7.09. The number of nitro groups is 1. The van der Waals surface area contributed by atoms with Crippen molar-refractivity contribution in [3.05, 3.63) is 40.1 Å². The molecule has 76 valence electrons. The molecule has 1 heterocycles.